The zero-order valence-corrected chi connectivity index (χ0v) is 10.4. The molecule has 1 amide bonds. The fourth-order valence-corrected chi connectivity index (χ4v) is 2.09. The minimum atomic E-state index is -4.37. The van der Waals surface area contributed by atoms with Crippen LogP contribution in [0.1, 0.15) is 11.1 Å². The van der Waals surface area contributed by atoms with Gasteiger partial charge in [-0.3, -0.25) is 4.79 Å². The molecule has 0 radical (unpaired) electrons. The maximum atomic E-state index is 12.5. The van der Waals surface area contributed by atoms with Crippen LogP contribution in [-0.2, 0) is 11.0 Å². The molecule has 1 saturated heterocycles. The molecular weight excluding hydrogens is 259 g/mol. The van der Waals surface area contributed by atoms with E-state index in [-0.39, 0.29) is 0 Å². The first-order valence-electron chi connectivity index (χ1n) is 5.90. The lowest BCUT2D eigenvalue weighted by molar-refractivity contribution is -0.137. The fourth-order valence-electron chi connectivity index (χ4n) is 2.09. The molecule has 7 heteroatoms. The number of carbonyl (C=O) groups is 1. The van der Waals surface area contributed by atoms with Crippen molar-refractivity contribution < 1.29 is 18.0 Å². The third-order valence-electron chi connectivity index (χ3n) is 3.14. The Morgan fingerprint density at radius 3 is 2.37 bits per heavy atom. The number of alkyl halides is 3. The number of pyridine rings is 1. The second-order valence-electron chi connectivity index (χ2n) is 4.49. The van der Waals surface area contributed by atoms with Crippen LogP contribution in [-0.4, -0.2) is 42.5 Å². The normalized spacial score (nSPS) is 16.6. The van der Waals surface area contributed by atoms with Crippen LogP contribution in [0, 0.1) is 6.92 Å². The quantitative estimate of drug-likeness (QED) is 0.769. The van der Waals surface area contributed by atoms with E-state index in [4.69, 9.17) is 0 Å². The highest BCUT2D eigenvalue weighted by molar-refractivity contribution is 5.51. The van der Waals surface area contributed by atoms with Crippen LogP contribution in [0.3, 0.4) is 0 Å². The number of carbonyl (C=O) groups excluding carboxylic acids is 1. The summed E-state index contributed by atoms with van der Waals surface area (Å²) in [6.07, 6.45) is -2.73. The summed E-state index contributed by atoms with van der Waals surface area (Å²) in [4.78, 5) is 18.0. The molecule has 19 heavy (non-hydrogen) atoms. The number of amides is 1. The van der Waals surface area contributed by atoms with Crippen molar-refractivity contribution in [3.63, 3.8) is 0 Å². The number of anilines is 1. The Labute approximate surface area is 108 Å². The summed E-state index contributed by atoms with van der Waals surface area (Å²) in [7, 11) is 0. The summed E-state index contributed by atoms with van der Waals surface area (Å²) in [5.41, 5.74) is -0.241. The first-order chi connectivity index (χ1) is 8.91. The largest absolute Gasteiger partial charge is 0.417 e. The van der Waals surface area contributed by atoms with Gasteiger partial charge in [0, 0.05) is 32.4 Å². The van der Waals surface area contributed by atoms with Crippen molar-refractivity contribution in [2.75, 3.05) is 31.1 Å². The average molecular weight is 273 g/mol. The van der Waals surface area contributed by atoms with Gasteiger partial charge in [-0.15, -0.1) is 0 Å². The van der Waals surface area contributed by atoms with Gasteiger partial charge >= 0.3 is 6.18 Å². The Bertz CT molecular complexity index is 468. The number of aryl methyl sites for hydroxylation is 1. The van der Waals surface area contributed by atoms with E-state index >= 15 is 0 Å². The predicted molar refractivity (Wildman–Crippen MR) is 63.8 cm³/mol. The number of aromatic nitrogens is 1. The number of hydrogen-bond acceptors (Lipinski definition) is 3. The highest BCUT2D eigenvalue weighted by Crippen LogP contribution is 2.31. The Morgan fingerprint density at radius 2 is 1.89 bits per heavy atom. The van der Waals surface area contributed by atoms with E-state index in [2.05, 4.69) is 4.98 Å². The number of piperazine rings is 1. The summed E-state index contributed by atoms with van der Waals surface area (Å²) in [6.45, 7) is 3.90. The summed E-state index contributed by atoms with van der Waals surface area (Å²) in [6, 6.07) is 1.11. The first kappa shape index (κ1) is 13.6. The Morgan fingerprint density at radius 1 is 1.26 bits per heavy atom. The molecule has 1 aliphatic heterocycles. The Balaban J connectivity index is 2.16. The molecule has 2 rings (SSSR count). The molecule has 1 fully saturated rings. The first-order valence-corrected chi connectivity index (χ1v) is 5.90. The Kier molecular flexibility index (Phi) is 3.64. The molecule has 104 valence electrons. The van der Waals surface area contributed by atoms with E-state index in [0.717, 1.165) is 18.7 Å². The predicted octanol–water partition coefficient (Wildman–Crippen LogP) is 1.69. The summed E-state index contributed by atoms with van der Waals surface area (Å²) in [5, 5.41) is 0. The molecule has 1 aromatic rings. The molecule has 1 aliphatic rings. The molecule has 0 unspecified atom stereocenters. The molecule has 0 aromatic carbocycles. The minimum absolute atomic E-state index is 0.495. The molecular formula is C12H14F3N3O. The summed E-state index contributed by atoms with van der Waals surface area (Å²) < 4.78 is 37.6. The smallest absolute Gasteiger partial charge is 0.353 e. The van der Waals surface area contributed by atoms with Crippen LogP contribution < -0.4 is 4.90 Å². The van der Waals surface area contributed by atoms with Crippen LogP contribution in [0.25, 0.3) is 0 Å². The number of halogens is 3. The second kappa shape index (κ2) is 5.07. The minimum Gasteiger partial charge on any atom is -0.353 e. The zero-order chi connectivity index (χ0) is 14.0. The number of rotatable bonds is 2. The van der Waals surface area contributed by atoms with Gasteiger partial charge < -0.3 is 9.80 Å². The maximum Gasteiger partial charge on any atom is 0.417 e. The molecule has 0 aliphatic carbocycles. The molecule has 0 N–H and O–H groups in total. The highest BCUT2D eigenvalue weighted by atomic mass is 19.4. The SMILES string of the molecule is Cc1cc(C(F)(F)F)cnc1N1CCN(C=O)CC1. The van der Waals surface area contributed by atoms with E-state index in [0.29, 0.717) is 37.6 Å². The summed E-state index contributed by atoms with van der Waals surface area (Å²) in [5.74, 6) is 0.554. The van der Waals surface area contributed by atoms with Crippen molar-refractivity contribution in [2.45, 2.75) is 13.1 Å². The van der Waals surface area contributed by atoms with Crippen LogP contribution >= 0.6 is 0 Å². The van der Waals surface area contributed by atoms with E-state index in [9.17, 15) is 18.0 Å². The third-order valence-corrected chi connectivity index (χ3v) is 3.14. The van der Waals surface area contributed by atoms with Gasteiger partial charge in [0.15, 0.2) is 0 Å². The van der Waals surface area contributed by atoms with E-state index < -0.39 is 11.7 Å². The van der Waals surface area contributed by atoms with Crippen molar-refractivity contribution in [1.82, 2.24) is 9.88 Å². The van der Waals surface area contributed by atoms with Gasteiger partial charge in [0.05, 0.1) is 5.56 Å². The van der Waals surface area contributed by atoms with Crippen molar-refractivity contribution in [2.24, 2.45) is 0 Å². The molecule has 4 nitrogen and oxygen atoms in total. The van der Waals surface area contributed by atoms with Gasteiger partial charge in [-0.05, 0) is 18.6 Å². The molecule has 0 bridgehead atoms. The van der Waals surface area contributed by atoms with Crippen molar-refractivity contribution in [1.29, 1.82) is 0 Å². The number of hydrogen-bond donors (Lipinski definition) is 0. The summed E-state index contributed by atoms with van der Waals surface area (Å²) >= 11 is 0. The third kappa shape index (κ3) is 2.97. The van der Waals surface area contributed by atoms with Crippen molar-refractivity contribution >= 4 is 12.2 Å². The molecule has 0 atom stereocenters. The van der Waals surface area contributed by atoms with Crippen LogP contribution in [0.4, 0.5) is 19.0 Å². The Hall–Kier alpha value is -1.79. The molecule has 0 spiro atoms. The molecule has 0 saturated carbocycles. The average Bonchev–Trinajstić information content (AvgIpc) is 2.38. The van der Waals surface area contributed by atoms with Gasteiger partial charge in [-0.2, -0.15) is 13.2 Å². The second-order valence-corrected chi connectivity index (χ2v) is 4.49. The van der Waals surface area contributed by atoms with E-state index in [1.165, 1.54) is 0 Å². The van der Waals surface area contributed by atoms with Gasteiger partial charge in [0.2, 0.25) is 6.41 Å². The lowest BCUT2D eigenvalue weighted by atomic mass is 10.2. The molecule has 2 heterocycles. The monoisotopic (exact) mass is 273 g/mol. The lowest BCUT2D eigenvalue weighted by Gasteiger charge is -2.34. The van der Waals surface area contributed by atoms with Crippen molar-refractivity contribution in [3.8, 4) is 0 Å². The highest BCUT2D eigenvalue weighted by Gasteiger charge is 2.31. The van der Waals surface area contributed by atoms with Gasteiger partial charge in [0.25, 0.3) is 0 Å². The van der Waals surface area contributed by atoms with Crippen LogP contribution in [0.2, 0.25) is 0 Å². The standard InChI is InChI=1S/C12H14F3N3O/c1-9-6-10(12(13,14)15)7-16-11(9)18-4-2-17(8-19)3-5-18/h6-8H,2-5H2,1H3. The lowest BCUT2D eigenvalue weighted by Crippen LogP contribution is -2.46. The molecule has 1 aromatic heterocycles. The zero-order valence-electron chi connectivity index (χ0n) is 10.4. The van der Waals surface area contributed by atoms with Crippen molar-refractivity contribution in [3.05, 3.63) is 23.4 Å². The fraction of sp³-hybridized carbons (Fsp3) is 0.500. The van der Waals surface area contributed by atoms with E-state index in [1.807, 2.05) is 4.90 Å². The topological polar surface area (TPSA) is 36.4 Å². The maximum absolute atomic E-state index is 12.5. The van der Waals surface area contributed by atoms with Gasteiger partial charge in [0.1, 0.15) is 5.82 Å². The van der Waals surface area contributed by atoms with Gasteiger partial charge in [-0.1, -0.05) is 0 Å². The van der Waals surface area contributed by atoms with Crippen LogP contribution in [0.5, 0.6) is 0 Å². The van der Waals surface area contributed by atoms with Gasteiger partial charge in [-0.25, -0.2) is 4.98 Å². The van der Waals surface area contributed by atoms with Crippen LogP contribution in [0.15, 0.2) is 12.3 Å². The number of nitrogens with zero attached hydrogens (tertiary/aromatic N) is 3. The van der Waals surface area contributed by atoms with E-state index in [1.54, 1.807) is 11.8 Å².